The lowest BCUT2D eigenvalue weighted by atomic mass is 9.89. The number of pyridine rings is 1. The molecule has 1 saturated carbocycles. The SMILES string of the molecule is CNC(=O)[C@]1(Cc2cccc(-c3ccncc3)c2)CN(C(=O)CC2CCCC2)CCO1. The van der Waals surface area contributed by atoms with Crippen molar-refractivity contribution >= 4 is 11.8 Å². The zero-order valence-corrected chi connectivity index (χ0v) is 18.2. The highest BCUT2D eigenvalue weighted by Gasteiger charge is 2.44. The van der Waals surface area contributed by atoms with Gasteiger partial charge in [-0.25, -0.2) is 0 Å². The van der Waals surface area contributed by atoms with E-state index >= 15 is 0 Å². The molecule has 1 aromatic heterocycles. The topological polar surface area (TPSA) is 71.5 Å². The molecule has 2 amide bonds. The minimum absolute atomic E-state index is 0.147. The van der Waals surface area contributed by atoms with E-state index in [9.17, 15) is 9.59 Å². The van der Waals surface area contributed by atoms with Crippen molar-refractivity contribution in [2.45, 2.75) is 44.1 Å². The zero-order chi connectivity index (χ0) is 21.7. The molecule has 164 valence electrons. The maximum Gasteiger partial charge on any atom is 0.254 e. The second kappa shape index (κ2) is 9.60. The monoisotopic (exact) mass is 421 g/mol. The highest BCUT2D eigenvalue weighted by molar-refractivity contribution is 5.87. The Balaban J connectivity index is 1.54. The van der Waals surface area contributed by atoms with E-state index in [1.54, 1.807) is 19.4 Å². The molecule has 1 atom stereocenters. The number of hydrogen-bond acceptors (Lipinski definition) is 4. The number of rotatable bonds is 6. The van der Waals surface area contributed by atoms with E-state index in [1.165, 1.54) is 12.8 Å². The lowest BCUT2D eigenvalue weighted by Gasteiger charge is -2.41. The van der Waals surface area contributed by atoms with E-state index in [1.807, 2.05) is 35.2 Å². The lowest BCUT2D eigenvalue weighted by Crippen LogP contribution is -2.61. The van der Waals surface area contributed by atoms with Gasteiger partial charge in [0.25, 0.3) is 5.91 Å². The number of carbonyl (C=O) groups is 2. The summed E-state index contributed by atoms with van der Waals surface area (Å²) in [5, 5.41) is 2.76. The smallest absolute Gasteiger partial charge is 0.254 e. The molecule has 1 saturated heterocycles. The predicted molar refractivity (Wildman–Crippen MR) is 119 cm³/mol. The third-order valence-electron chi connectivity index (χ3n) is 6.55. The molecule has 0 unspecified atom stereocenters. The summed E-state index contributed by atoms with van der Waals surface area (Å²) in [6.45, 7) is 1.20. The molecular weight excluding hydrogens is 390 g/mol. The maximum absolute atomic E-state index is 13.0. The van der Waals surface area contributed by atoms with Gasteiger partial charge >= 0.3 is 0 Å². The largest absolute Gasteiger partial charge is 0.361 e. The molecule has 0 spiro atoms. The van der Waals surface area contributed by atoms with Gasteiger partial charge in [-0.05, 0) is 47.6 Å². The normalized spacial score (nSPS) is 21.8. The Morgan fingerprint density at radius 1 is 1.16 bits per heavy atom. The summed E-state index contributed by atoms with van der Waals surface area (Å²) in [5.41, 5.74) is 2.07. The zero-order valence-electron chi connectivity index (χ0n) is 18.2. The molecule has 4 rings (SSSR count). The first-order valence-electron chi connectivity index (χ1n) is 11.2. The van der Waals surface area contributed by atoms with Crippen LogP contribution in [0.3, 0.4) is 0 Å². The van der Waals surface area contributed by atoms with Crippen LogP contribution in [0.5, 0.6) is 0 Å². The Morgan fingerprint density at radius 2 is 1.94 bits per heavy atom. The fraction of sp³-hybridized carbons (Fsp3) is 0.480. The van der Waals surface area contributed by atoms with E-state index in [-0.39, 0.29) is 18.4 Å². The van der Waals surface area contributed by atoms with Crippen molar-refractivity contribution in [2.24, 2.45) is 5.92 Å². The highest BCUT2D eigenvalue weighted by Crippen LogP contribution is 2.30. The molecule has 2 aliphatic rings. The first-order chi connectivity index (χ1) is 15.1. The molecule has 1 aliphatic carbocycles. The number of nitrogens with one attached hydrogen (secondary N) is 1. The fourth-order valence-electron chi connectivity index (χ4n) is 4.87. The molecule has 0 bridgehead atoms. The van der Waals surface area contributed by atoms with Crippen molar-refractivity contribution in [1.29, 1.82) is 0 Å². The molecule has 2 aromatic rings. The van der Waals surface area contributed by atoms with Gasteiger partial charge in [-0.1, -0.05) is 37.1 Å². The second-order valence-corrected chi connectivity index (χ2v) is 8.70. The van der Waals surface area contributed by atoms with Gasteiger partial charge in [0.1, 0.15) is 0 Å². The molecule has 0 radical (unpaired) electrons. The molecule has 6 nitrogen and oxygen atoms in total. The number of nitrogens with zero attached hydrogens (tertiary/aromatic N) is 2. The number of morpholine rings is 1. The fourth-order valence-corrected chi connectivity index (χ4v) is 4.87. The number of aromatic nitrogens is 1. The Kier molecular flexibility index (Phi) is 6.66. The number of amides is 2. The molecular formula is C25H31N3O3. The Hall–Kier alpha value is -2.73. The van der Waals surface area contributed by atoms with Crippen molar-refractivity contribution < 1.29 is 14.3 Å². The summed E-state index contributed by atoms with van der Waals surface area (Å²) >= 11 is 0. The van der Waals surface area contributed by atoms with Crippen LogP contribution in [0.1, 0.15) is 37.7 Å². The summed E-state index contributed by atoms with van der Waals surface area (Å²) in [6.07, 6.45) is 9.25. The van der Waals surface area contributed by atoms with Crippen molar-refractivity contribution in [2.75, 3.05) is 26.7 Å². The van der Waals surface area contributed by atoms with Crippen LogP contribution in [0, 0.1) is 5.92 Å². The Bertz CT molecular complexity index is 911. The van der Waals surface area contributed by atoms with Crippen molar-refractivity contribution in [3.63, 3.8) is 0 Å². The summed E-state index contributed by atoms with van der Waals surface area (Å²) in [4.78, 5) is 31.9. The summed E-state index contributed by atoms with van der Waals surface area (Å²) in [5.74, 6) is 0.455. The molecule has 1 aliphatic heterocycles. The minimum atomic E-state index is -1.07. The molecule has 1 aromatic carbocycles. The first kappa shape index (κ1) is 21.5. The molecule has 31 heavy (non-hydrogen) atoms. The molecule has 1 N–H and O–H groups in total. The Labute approximate surface area is 184 Å². The van der Waals surface area contributed by atoms with Gasteiger partial charge in [-0.15, -0.1) is 0 Å². The summed E-state index contributed by atoms with van der Waals surface area (Å²) in [7, 11) is 1.63. The van der Waals surface area contributed by atoms with Crippen LogP contribution in [0.15, 0.2) is 48.8 Å². The van der Waals surface area contributed by atoms with Crippen LogP contribution in [0.2, 0.25) is 0 Å². The van der Waals surface area contributed by atoms with Crippen LogP contribution in [0.4, 0.5) is 0 Å². The molecule has 2 fully saturated rings. The van der Waals surface area contributed by atoms with Crippen LogP contribution in [-0.4, -0.2) is 54.0 Å². The third-order valence-corrected chi connectivity index (χ3v) is 6.55. The first-order valence-corrected chi connectivity index (χ1v) is 11.2. The van der Waals surface area contributed by atoms with Gasteiger partial charge in [-0.2, -0.15) is 0 Å². The summed E-state index contributed by atoms with van der Waals surface area (Å²) < 4.78 is 6.10. The van der Waals surface area contributed by atoms with Crippen LogP contribution in [0.25, 0.3) is 11.1 Å². The van der Waals surface area contributed by atoms with Crippen molar-refractivity contribution in [3.05, 3.63) is 54.4 Å². The van der Waals surface area contributed by atoms with E-state index < -0.39 is 5.60 Å². The molecule has 2 heterocycles. The van der Waals surface area contributed by atoms with Gasteiger partial charge in [0.05, 0.1) is 13.2 Å². The van der Waals surface area contributed by atoms with E-state index in [4.69, 9.17) is 4.74 Å². The standard InChI is InChI=1S/C25H31N3O3/c1-26-24(30)25(17-20-7-4-8-22(15-20)21-9-11-27-12-10-21)18-28(13-14-31-25)23(29)16-19-5-2-3-6-19/h4,7-12,15,19H,2-3,5-6,13-14,16-18H2,1H3,(H,26,30)/t25-/m0/s1. The maximum atomic E-state index is 13.0. The van der Waals surface area contributed by atoms with Gasteiger partial charge in [0.15, 0.2) is 5.60 Å². The molecule has 6 heteroatoms. The van der Waals surface area contributed by atoms with Crippen LogP contribution < -0.4 is 5.32 Å². The number of carbonyl (C=O) groups excluding carboxylic acids is 2. The summed E-state index contributed by atoms with van der Waals surface area (Å²) in [6, 6.07) is 12.1. The minimum Gasteiger partial charge on any atom is -0.361 e. The van der Waals surface area contributed by atoms with Crippen LogP contribution >= 0.6 is 0 Å². The van der Waals surface area contributed by atoms with E-state index in [0.717, 1.165) is 29.5 Å². The van der Waals surface area contributed by atoms with Crippen molar-refractivity contribution in [3.8, 4) is 11.1 Å². The highest BCUT2D eigenvalue weighted by atomic mass is 16.5. The average Bonchev–Trinajstić information content (AvgIpc) is 3.32. The van der Waals surface area contributed by atoms with Gasteiger partial charge in [0, 0.05) is 38.8 Å². The quantitative estimate of drug-likeness (QED) is 0.777. The second-order valence-electron chi connectivity index (χ2n) is 8.70. The number of hydrogen-bond donors (Lipinski definition) is 1. The lowest BCUT2D eigenvalue weighted by molar-refractivity contribution is -0.166. The van der Waals surface area contributed by atoms with Crippen LogP contribution in [-0.2, 0) is 20.7 Å². The average molecular weight is 422 g/mol. The Morgan fingerprint density at radius 3 is 2.68 bits per heavy atom. The number of likely N-dealkylation sites (N-methyl/N-ethyl adjacent to an activating group) is 1. The van der Waals surface area contributed by atoms with Gasteiger partial charge < -0.3 is 15.0 Å². The van der Waals surface area contributed by atoms with E-state index in [0.29, 0.717) is 31.9 Å². The number of benzene rings is 1. The third kappa shape index (κ3) is 4.96. The van der Waals surface area contributed by atoms with Crippen molar-refractivity contribution in [1.82, 2.24) is 15.2 Å². The van der Waals surface area contributed by atoms with E-state index in [2.05, 4.69) is 16.4 Å². The predicted octanol–water partition coefficient (Wildman–Crippen LogP) is 3.22. The number of ether oxygens (including phenoxy) is 1. The van der Waals surface area contributed by atoms with Gasteiger partial charge in [0.2, 0.25) is 5.91 Å². The van der Waals surface area contributed by atoms with Gasteiger partial charge in [-0.3, -0.25) is 14.6 Å².